The van der Waals surface area contributed by atoms with Crippen molar-refractivity contribution in [1.82, 2.24) is 9.88 Å². The first kappa shape index (κ1) is 17.2. The van der Waals surface area contributed by atoms with Crippen LogP contribution in [0.3, 0.4) is 0 Å². The second-order valence-electron chi connectivity index (χ2n) is 6.39. The number of carbonyl (C=O) groups is 1. The average Bonchev–Trinajstić information content (AvgIpc) is 2.58. The average molecular weight is 310 g/mol. The molecule has 1 unspecified atom stereocenters. The maximum atomic E-state index is 12.6. The monoisotopic (exact) mass is 310 g/mol. The van der Waals surface area contributed by atoms with Crippen LogP contribution in [0.1, 0.15) is 37.3 Å². The summed E-state index contributed by atoms with van der Waals surface area (Å²) >= 11 is 0. The maximum Gasteiger partial charge on any atom is 0.222 e. The second-order valence-corrected chi connectivity index (χ2v) is 6.39. The number of nitrogens with zero attached hydrogens (tertiary/aromatic N) is 2. The molecule has 0 saturated carbocycles. The minimum Gasteiger partial charge on any atom is -0.345 e. The molecule has 2 aromatic rings. The number of amides is 1. The summed E-state index contributed by atoms with van der Waals surface area (Å²) in [5, 5.41) is 0. The van der Waals surface area contributed by atoms with Gasteiger partial charge in [-0.2, -0.15) is 0 Å². The number of aromatic nitrogens is 1. The van der Waals surface area contributed by atoms with Crippen molar-refractivity contribution in [1.29, 1.82) is 0 Å². The molecule has 1 heterocycles. The predicted octanol–water partition coefficient (Wildman–Crippen LogP) is 3.91. The van der Waals surface area contributed by atoms with Gasteiger partial charge in [0.2, 0.25) is 5.91 Å². The largest absolute Gasteiger partial charge is 0.345 e. The van der Waals surface area contributed by atoms with E-state index in [0.717, 1.165) is 13.0 Å². The fraction of sp³-hybridized carbons (Fsp3) is 0.400. The van der Waals surface area contributed by atoms with Gasteiger partial charge in [0.15, 0.2) is 0 Å². The smallest absolute Gasteiger partial charge is 0.222 e. The highest BCUT2D eigenvalue weighted by Gasteiger charge is 2.21. The number of hydrogen-bond acceptors (Lipinski definition) is 2. The first-order valence-electron chi connectivity index (χ1n) is 8.25. The van der Waals surface area contributed by atoms with Gasteiger partial charge in [-0.25, -0.2) is 0 Å². The summed E-state index contributed by atoms with van der Waals surface area (Å²) in [5.74, 6) is 0.920. The van der Waals surface area contributed by atoms with E-state index >= 15 is 0 Å². The molecule has 0 spiro atoms. The number of hydrogen-bond donors (Lipinski definition) is 0. The van der Waals surface area contributed by atoms with E-state index in [4.69, 9.17) is 0 Å². The van der Waals surface area contributed by atoms with Crippen LogP contribution in [0, 0.1) is 5.92 Å². The summed E-state index contributed by atoms with van der Waals surface area (Å²) in [4.78, 5) is 18.4. The molecule has 2 rings (SSSR count). The standard InChI is InChI=1S/C20H26N2O/c1-16(2)19(18-7-5-4-6-8-18)15-20(23)22(3)14-11-17-9-12-21-13-10-17/h4-10,12-13,16,19H,11,14-15H2,1-3H3. The zero-order chi connectivity index (χ0) is 16.7. The predicted molar refractivity (Wildman–Crippen MR) is 94.2 cm³/mol. The molecular weight excluding hydrogens is 284 g/mol. The molecule has 3 heteroatoms. The lowest BCUT2D eigenvalue weighted by Gasteiger charge is -2.24. The Morgan fingerprint density at radius 3 is 2.35 bits per heavy atom. The van der Waals surface area contributed by atoms with E-state index in [2.05, 4.69) is 31.0 Å². The topological polar surface area (TPSA) is 33.2 Å². The summed E-state index contributed by atoms with van der Waals surface area (Å²) in [5.41, 5.74) is 2.46. The van der Waals surface area contributed by atoms with Crippen LogP contribution in [0.5, 0.6) is 0 Å². The minimum atomic E-state index is 0.210. The Bertz CT molecular complexity index is 596. The van der Waals surface area contributed by atoms with E-state index < -0.39 is 0 Å². The van der Waals surface area contributed by atoms with Crippen LogP contribution < -0.4 is 0 Å². The van der Waals surface area contributed by atoms with E-state index in [1.54, 1.807) is 12.4 Å². The molecule has 0 radical (unpaired) electrons. The first-order chi connectivity index (χ1) is 11.1. The number of carbonyl (C=O) groups excluding carboxylic acids is 1. The Morgan fingerprint density at radius 1 is 1.09 bits per heavy atom. The van der Waals surface area contributed by atoms with Crippen molar-refractivity contribution in [2.45, 2.75) is 32.6 Å². The van der Waals surface area contributed by atoms with Gasteiger partial charge in [0.1, 0.15) is 0 Å². The molecule has 0 aliphatic rings. The Kier molecular flexibility index (Phi) is 6.33. The molecule has 0 N–H and O–H groups in total. The lowest BCUT2D eigenvalue weighted by molar-refractivity contribution is -0.130. The second kappa shape index (κ2) is 8.47. The highest BCUT2D eigenvalue weighted by atomic mass is 16.2. The van der Waals surface area contributed by atoms with E-state index in [0.29, 0.717) is 12.3 Å². The van der Waals surface area contributed by atoms with E-state index in [9.17, 15) is 4.79 Å². The van der Waals surface area contributed by atoms with Crippen molar-refractivity contribution < 1.29 is 4.79 Å². The zero-order valence-electron chi connectivity index (χ0n) is 14.3. The molecule has 1 aromatic heterocycles. The molecule has 0 bridgehead atoms. The molecular formula is C20H26N2O. The van der Waals surface area contributed by atoms with Gasteiger partial charge in [0, 0.05) is 32.4 Å². The van der Waals surface area contributed by atoms with Crippen molar-refractivity contribution in [2.75, 3.05) is 13.6 Å². The van der Waals surface area contributed by atoms with Gasteiger partial charge in [-0.05, 0) is 41.5 Å². The van der Waals surface area contributed by atoms with E-state index in [1.807, 2.05) is 42.3 Å². The molecule has 0 fully saturated rings. The summed E-state index contributed by atoms with van der Waals surface area (Å²) in [6.45, 7) is 5.10. The van der Waals surface area contributed by atoms with Crippen LogP contribution in [-0.4, -0.2) is 29.4 Å². The highest BCUT2D eigenvalue weighted by Crippen LogP contribution is 2.28. The Morgan fingerprint density at radius 2 is 1.74 bits per heavy atom. The van der Waals surface area contributed by atoms with E-state index in [-0.39, 0.29) is 11.8 Å². The van der Waals surface area contributed by atoms with Crippen LogP contribution in [0.4, 0.5) is 0 Å². The molecule has 122 valence electrons. The number of rotatable bonds is 7. The summed E-state index contributed by atoms with van der Waals surface area (Å²) in [6, 6.07) is 14.3. The van der Waals surface area contributed by atoms with Crippen molar-refractivity contribution in [3.05, 3.63) is 66.0 Å². The SMILES string of the molecule is CC(C)C(CC(=O)N(C)CCc1ccncc1)c1ccccc1. The minimum absolute atomic E-state index is 0.210. The molecule has 0 aliphatic carbocycles. The third-order valence-corrected chi connectivity index (χ3v) is 4.34. The van der Waals surface area contributed by atoms with Crippen molar-refractivity contribution >= 4 is 5.91 Å². The van der Waals surface area contributed by atoms with Crippen molar-refractivity contribution in [3.8, 4) is 0 Å². The highest BCUT2D eigenvalue weighted by molar-refractivity contribution is 5.76. The van der Waals surface area contributed by atoms with Gasteiger partial charge in [-0.15, -0.1) is 0 Å². The van der Waals surface area contributed by atoms with Crippen LogP contribution in [0.25, 0.3) is 0 Å². The fourth-order valence-corrected chi connectivity index (χ4v) is 2.75. The van der Waals surface area contributed by atoms with Gasteiger partial charge in [0.05, 0.1) is 0 Å². The Labute approximate surface area is 139 Å². The van der Waals surface area contributed by atoms with Gasteiger partial charge >= 0.3 is 0 Å². The zero-order valence-corrected chi connectivity index (χ0v) is 14.3. The van der Waals surface area contributed by atoms with Crippen molar-refractivity contribution in [2.24, 2.45) is 5.92 Å². The molecule has 1 aromatic carbocycles. The molecule has 1 amide bonds. The normalized spacial score (nSPS) is 12.2. The van der Waals surface area contributed by atoms with Gasteiger partial charge in [-0.3, -0.25) is 9.78 Å². The van der Waals surface area contributed by atoms with Crippen LogP contribution >= 0.6 is 0 Å². The Balaban J connectivity index is 1.93. The molecule has 23 heavy (non-hydrogen) atoms. The molecule has 0 aliphatic heterocycles. The summed E-state index contributed by atoms with van der Waals surface area (Å²) < 4.78 is 0. The fourth-order valence-electron chi connectivity index (χ4n) is 2.75. The van der Waals surface area contributed by atoms with Gasteiger partial charge in [0.25, 0.3) is 0 Å². The molecule has 1 atom stereocenters. The molecule has 0 saturated heterocycles. The van der Waals surface area contributed by atoms with Crippen LogP contribution in [0.15, 0.2) is 54.9 Å². The van der Waals surface area contributed by atoms with Gasteiger partial charge < -0.3 is 4.90 Å². The molecule has 3 nitrogen and oxygen atoms in total. The van der Waals surface area contributed by atoms with Crippen molar-refractivity contribution in [3.63, 3.8) is 0 Å². The van der Waals surface area contributed by atoms with E-state index in [1.165, 1.54) is 11.1 Å². The maximum absolute atomic E-state index is 12.6. The van der Waals surface area contributed by atoms with Crippen LogP contribution in [0.2, 0.25) is 0 Å². The first-order valence-corrected chi connectivity index (χ1v) is 8.25. The number of benzene rings is 1. The Hall–Kier alpha value is -2.16. The summed E-state index contributed by atoms with van der Waals surface area (Å²) in [6.07, 6.45) is 5.01. The lowest BCUT2D eigenvalue weighted by Crippen LogP contribution is -2.30. The quantitative estimate of drug-likeness (QED) is 0.777. The third-order valence-electron chi connectivity index (χ3n) is 4.34. The number of likely N-dealkylation sites (N-methyl/N-ethyl adjacent to an activating group) is 1. The van der Waals surface area contributed by atoms with Crippen LogP contribution in [-0.2, 0) is 11.2 Å². The van der Waals surface area contributed by atoms with Gasteiger partial charge in [-0.1, -0.05) is 44.2 Å². The third kappa shape index (κ3) is 5.20. The summed E-state index contributed by atoms with van der Waals surface area (Å²) in [7, 11) is 1.89. The number of pyridine rings is 1. The lowest BCUT2D eigenvalue weighted by atomic mass is 9.85.